The predicted octanol–water partition coefficient (Wildman–Crippen LogP) is 2.14. The van der Waals surface area contributed by atoms with E-state index in [9.17, 15) is 28.1 Å². The maximum absolute atomic E-state index is 12.5. The van der Waals surface area contributed by atoms with Gasteiger partial charge in [0.15, 0.2) is 9.84 Å². The molecule has 0 saturated heterocycles. The highest BCUT2D eigenvalue weighted by atomic mass is 32.2. The molecule has 2 aromatic carbocycles. The number of amides is 2. The van der Waals surface area contributed by atoms with Crippen molar-refractivity contribution in [1.82, 2.24) is 5.32 Å². The molecule has 0 spiro atoms. The Balaban J connectivity index is 1.85. The van der Waals surface area contributed by atoms with Crippen LogP contribution in [0.15, 0.2) is 47.4 Å². The third kappa shape index (κ3) is 4.71. The first-order valence-electron chi connectivity index (χ1n) is 8.35. The number of carbonyl (C=O) groups is 2. The molecule has 0 unspecified atom stereocenters. The van der Waals surface area contributed by atoms with Crippen LogP contribution in [0.4, 0.5) is 11.4 Å². The van der Waals surface area contributed by atoms with Crippen LogP contribution in [0.3, 0.4) is 0 Å². The lowest BCUT2D eigenvalue weighted by Crippen LogP contribution is -2.25. The first-order chi connectivity index (χ1) is 13.1. The molecular formula is C18H17N3O6S. The summed E-state index contributed by atoms with van der Waals surface area (Å²) in [6.07, 6.45) is 2.78. The zero-order valence-corrected chi connectivity index (χ0v) is 15.7. The Bertz CT molecular complexity index is 1080. The van der Waals surface area contributed by atoms with Crippen LogP contribution in [0.5, 0.6) is 0 Å². The lowest BCUT2D eigenvalue weighted by molar-refractivity contribution is -0.385. The van der Waals surface area contributed by atoms with Gasteiger partial charge in [-0.25, -0.2) is 8.42 Å². The molecule has 0 bridgehead atoms. The van der Waals surface area contributed by atoms with Crippen LogP contribution in [0.2, 0.25) is 0 Å². The van der Waals surface area contributed by atoms with Crippen molar-refractivity contribution in [2.75, 3.05) is 11.6 Å². The van der Waals surface area contributed by atoms with E-state index in [1.165, 1.54) is 6.07 Å². The Morgan fingerprint density at radius 3 is 2.39 bits per heavy atom. The minimum Gasteiger partial charge on any atom is -0.349 e. The van der Waals surface area contributed by atoms with Gasteiger partial charge in [0.2, 0.25) is 0 Å². The minimum absolute atomic E-state index is 0.178. The molecule has 0 aromatic heterocycles. The average Bonchev–Trinajstić information content (AvgIpc) is 3.44. The van der Waals surface area contributed by atoms with Gasteiger partial charge >= 0.3 is 0 Å². The molecule has 0 aliphatic heterocycles. The highest BCUT2D eigenvalue weighted by Crippen LogP contribution is 2.23. The first kappa shape index (κ1) is 19.5. The summed E-state index contributed by atoms with van der Waals surface area (Å²) >= 11 is 0. The zero-order valence-electron chi connectivity index (χ0n) is 14.8. The van der Waals surface area contributed by atoms with E-state index in [1.54, 1.807) is 18.2 Å². The molecule has 3 rings (SSSR count). The van der Waals surface area contributed by atoms with E-state index in [0.717, 1.165) is 37.3 Å². The Kier molecular flexibility index (Phi) is 5.14. The molecule has 0 heterocycles. The summed E-state index contributed by atoms with van der Waals surface area (Å²) in [4.78, 5) is 34.6. The molecule has 1 aliphatic rings. The summed E-state index contributed by atoms with van der Waals surface area (Å²) in [5.74, 6) is -0.985. The number of carbonyl (C=O) groups excluding carboxylic acids is 2. The molecule has 0 radical (unpaired) electrons. The van der Waals surface area contributed by atoms with Gasteiger partial charge in [0, 0.05) is 41.2 Å². The summed E-state index contributed by atoms with van der Waals surface area (Å²) in [6, 6.07) is 9.37. The van der Waals surface area contributed by atoms with Crippen molar-refractivity contribution in [3.63, 3.8) is 0 Å². The quantitative estimate of drug-likeness (QED) is 0.560. The van der Waals surface area contributed by atoms with Gasteiger partial charge in [-0.2, -0.15) is 0 Å². The van der Waals surface area contributed by atoms with Crippen LogP contribution >= 0.6 is 0 Å². The summed E-state index contributed by atoms with van der Waals surface area (Å²) in [5.41, 5.74) is -0.0190. The third-order valence-corrected chi connectivity index (χ3v) is 5.18. The van der Waals surface area contributed by atoms with Crippen molar-refractivity contribution in [3.05, 3.63) is 63.7 Å². The number of anilines is 1. The molecule has 0 atom stereocenters. The molecule has 1 fully saturated rings. The second kappa shape index (κ2) is 7.39. The van der Waals surface area contributed by atoms with E-state index < -0.39 is 26.4 Å². The number of benzene rings is 2. The summed E-state index contributed by atoms with van der Waals surface area (Å²) in [6.45, 7) is 0. The van der Waals surface area contributed by atoms with Gasteiger partial charge < -0.3 is 10.6 Å². The van der Waals surface area contributed by atoms with Crippen LogP contribution in [0, 0.1) is 10.1 Å². The standard InChI is InChI=1S/C18H17N3O6S/c1-28(26,27)16-9-12(8-15(10-16)21(24)25)18(23)20-14-4-2-3-11(7-14)17(22)19-13-5-6-13/h2-4,7-10,13H,5-6H2,1H3,(H,19,22)(H,20,23). The van der Waals surface area contributed by atoms with Gasteiger partial charge in [0.25, 0.3) is 17.5 Å². The maximum Gasteiger partial charge on any atom is 0.271 e. The maximum atomic E-state index is 12.5. The van der Waals surface area contributed by atoms with E-state index in [-0.39, 0.29) is 22.4 Å². The normalized spacial score (nSPS) is 13.6. The predicted molar refractivity (Wildman–Crippen MR) is 101 cm³/mol. The largest absolute Gasteiger partial charge is 0.349 e. The lowest BCUT2D eigenvalue weighted by atomic mass is 10.1. The minimum atomic E-state index is -3.75. The number of nitrogens with one attached hydrogen (secondary N) is 2. The molecule has 2 aromatic rings. The summed E-state index contributed by atoms with van der Waals surface area (Å²) < 4.78 is 23.5. The van der Waals surface area contributed by atoms with Crippen molar-refractivity contribution in [3.8, 4) is 0 Å². The van der Waals surface area contributed by atoms with Gasteiger partial charge in [-0.05, 0) is 37.1 Å². The van der Waals surface area contributed by atoms with Crippen LogP contribution in [-0.2, 0) is 9.84 Å². The summed E-state index contributed by atoms with van der Waals surface area (Å²) in [5, 5.41) is 16.4. The van der Waals surface area contributed by atoms with E-state index in [4.69, 9.17) is 0 Å². The fourth-order valence-corrected chi connectivity index (χ4v) is 3.15. The Morgan fingerprint density at radius 1 is 1.07 bits per heavy atom. The molecule has 146 valence electrons. The zero-order chi connectivity index (χ0) is 20.5. The van der Waals surface area contributed by atoms with Crippen molar-refractivity contribution in [2.24, 2.45) is 0 Å². The smallest absolute Gasteiger partial charge is 0.271 e. The van der Waals surface area contributed by atoms with Crippen molar-refractivity contribution in [1.29, 1.82) is 0 Å². The number of nitro groups is 1. The highest BCUT2D eigenvalue weighted by molar-refractivity contribution is 7.90. The van der Waals surface area contributed by atoms with Crippen molar-refractivity contribution >= 4 is 33.0 Å². The van der Waals surface area contributed by atoms with Crippen molar-refractivity contribution < 1.29 is 22.9 Å². The van der Waals surface area contributed by atoms with Gasteiger partial charge in [0.05, 0.1) is 9.82 Å². The van der Waals surface area contributed by atoms with Gasteiger partial charge in [-0.3, -0.25) is 19.7 Å². The van der Waals surface area contributed by atoms with Gasteiger partial charge in [-0.1, -0.05) is 6.07 Å². The summed E-state index contributed by atoms with van der Waals surface area (Å²) in [7, 11) is -3.75. The first-order valence-corrected chi connectivity index (χ1v) is 10.2. The molecule has 2 N–H and O–H groups in total. The Hall–Kier alpha value is -3.27. The van der Waals surface area contributed by atoms with Gasteiger partial charge in [-0.15, -0.1) is 0 Å². The fourth-order valence-electron chi connectivity index (χ4n) is 2.47. The Morgan fingerprint density at radius 2 is 1.79 bits per heavy atom. The number of sulfone groups is 1. The van der Waals surface area contributed by atoms with E-state index in [1.807, 2.05) is 0 Å². The number of non-ortho nitro benzene ring substituents is 1. The lowest BCUT2D eigenvalue weighted by Gasteiger charge is -2.09. The van der Waals surface area contributed by atoms with Crippen LogP contribution in [-0.4, -0.2) is 37.5 Å². The number of nitrogens with zero attached hydrogens (tertiary/aromatic N) is 1. The molecular weight excluding hydrogens is 386 g/mol. The number of nitro benzene ring substituents is 1. The number of rotatable bonds is 6. The van der Waals surface area contributed by atoms with Crippen molar-refractivity contribution in [2.45, 2.75) is 23.8 Å². The van der Waals surface area contributed by atoms with E-state index in [2.05, 4.69) is 10.6 Å². The molecule has 1 aliphatic carbocycles. The molecule has 1 saturated carbocycles. The molecule has 2 amide bonds. The topological polar surface area (TPSA) is 135 Å². The Labute approximate surface area is 160 Å². The third-order valence-electron chi connectivity index (χ3n) is 4.09. The van der Waals surface area contributed by atoms with Crippen LogP contribution < -0.4 is 10.6 Å². The van der Waals surface area contributed by atoms with Gasteiger partial charge in [0.1, 0.15) is 0 Å². The fraction of sp³-hybridized carbons (Fsp3) is 0.222. The monoisotopic (exact) mass is 403 g/mol. The van der Waals surface area contributed by atoms with E-state index in [0.29, 0.717) is 11.3 Å². The van der Waals surface area contributed by atoms with Crippen LogP contribution in [0.25, 0.3) is 0 Å². The highest BCUT2D eigenvalue weighted by Gasteiger charge is 2.24. The molecule has 28 heavy (non-hydrogen) atoms. The van der Waals surface area contributed by atoms with E-state index >= 15 is 0 Å². The second-order valence-electron chi connectivity index (χ2n) is 6.53. The molecule has 10 heteroatoms. The van der Waals surface area contributed by atoms with Crippen LogP contribution in [0.1, 0.15) is 33.6 Å². The molecule has 9 nitrogen and oxygen atoms in total. The number of hydrogen-bond donors (Lipinski definition) is 2. The second-order valence-corrected chi connectivity index (χ2v) is 8.54. The average molecular weight is 403 g/mol. The SMILES string of the molecule is CS(=O)(=O)c1cc(C(=O)Nc2cccc(C(=O)NC3CC3)c2)cc([N+](=O)[O-])c1. The number of hydrogen-bond acceptors (Lipinski definition) is 6.